The van der Waals surface area contributed by atoms with Gasteiger partial charge in [0.15, 0.2) is 0 Å². The van der Waals surface area contributed by atoms with Gasteiger partial charge in [-0.25, -0.2) is 4.79 Å². The van der Waals surface area contributed by atoms with E-state index in [1.807, 2.05) is 0 Å². The van der Waals surface area contributed by atoms with Crippen LogP contribution in [0.1, 0.15) is 48.5 Å². The summed E-state index contributed by atoms with van der Waals surface area (Å²) in [5, 5.41) is 8.78. The summed E-state index contributed by atoms with van der Waals surface area (Å²) in [4.78, 5) is 13.0. The molecule has 2 heterocycles. The fourth-order valence-electron chi connectivity index (χ4n) is 2.18. The second-order valence-electron chi connectivity index (χ2n) is 4.28. The number of carboxylic acid groups (broad SMARTS) is 1. The van der Waals surface area contributed by atoms with E-state index in [4.69, 9.17) is 9.52 Å². The number of halogens is 1. The van der Waals surface area contributed by atoms with Crippen LogP contribution in [0.25, 0.3) is 0 Å². The number of furan rings is 1. The third-order valence-corrected chi connectivity index (χ3v) is 3.19. The van der Waals surface area contributed by atoms with E-state index in [2.05, 4.69) is 11.8 Å². The van der Waals surface area contributed by atoms with Crippen molar-refractivity contribution in [3.8, 4) is 0 Å². The van der Waals surface area contributed by atoms with Crippen molar-refractivity contribution in [2.75, 3.05) is 13.1 Å². The fraction of sp³-hybridized carbons (Fsp3) is 0.583. The molecule has 4 nitrogen and oxygen atoms in total. The van der Waals surface area contributed by atoms with E-state index in [0.717, 1.165) is 18.8 Å². The molecule has 2 rings (SSSR count). The molecule has 0 radical (unpaired) electrons. The number of piperidine rings is 1. The van der Waals surface area contributed by atoms with Crippen LogP contribution in [-0.2, 0) is 0 Å². The van der Waals surface area contributed by atoms with Crippen LogP contribution in [0, 0.1) is 0 Å². The molecule has 1 saturated heterocycles. The normalized spacial score (nSPS) is 18.4. The largest absolute Gasteiger partial charge is 0.475 e. The zero-order valence-corrected chi connectivity index (χ0v) is 10.7. The monoisotopic (exact) mass is 259 g/mol. The number of carboxylic acids is 1. The molecule has 96 valence electrons. The van der Waals surface area contributed by atoms with Crippen molar-refractivity contribution in [3.05, 3.63) is 23.7 Å². The Morgan fingerprint density at radius 2 is 2.00 bits per heavy atom. The van der Waals surface area contributed by atoms with Crippen LogP contribution >= 0.6 is 12.4 Å². The Hall–Kier alpha value is -1.00. The highest BCUT2D eigenvalue weighted by molar-refractivity contribution is 5.85. The summed E-state index contributed by atoms with van der Waals surface area (Å²) in [6, 6.07) is 3.47. The highest BCUT2D eigenvalue weighted by atomic mass is 35.5. The third kappa shape index (κ3) is 3.23. The number of carbonyl (C=O) groups is 1. The first-order valence-corrected chi connectivity index (χ1v) is 5.75. The van der Waals surface area contributed by atoms with Crippen molar-refractivity contribution in [2.45, 2.75) is 32.2 Å². The van der Waals surface area contributed by atoms with Crippen molar-refractivity contribution in [2.24, 2.45) is 0 Å². The van der Waals surface area contributed by atoms with Crippen LogP contribution in [-0.4, -0.2) is 29.1 Å². The Balaban J connectivity index is 0.00000144. The zero-order valence-electron chi connectivity index (χ0n) is 9.89. The van der Waals surface area contributed by atoms with E-state index in [1.54, 1.807) is 6.07 Å². The van der Waals surface area contributed by atoms with Crippen molar-refractivity contribution in [1.29, 1.82) is 0 Å². The molecule has 0 bridgehead atoms. The number of rotatable bonds is 3. The first-order chi connectivity index (χ1) is 7.68. The minimum Gasteiger partial charge on any atom is -0.475 e. The van der Waals surface area contributed by atoms with E-state index >= 15 is 0 Å². The molecule has 1 unspecified atom stereocenters. The first kappa shape index (κ1) is 14.1. The van der Waals surface area contributed by atoms with Gasteiger partial charge < -0.3 is 9.52 Å². The van der Waals surface area contributed by atoms with Gasteiger partial charge in [0.2, 0.25) is 5.76 Å². The standard InChI is InChI=1S/C12H17NO3.ClH/c1-9(13-7-3-2-4-8-13)10-5-6-11(16-10)12(14)15;/h5-6,9H,2-4,7-8H2,1H3,(H,14,15);1H. The van der Waals surface area contributed by atoms with Gasteiger partial charge >= 0.3 is 5.97 Å². The topological polar surface area (TPSA) is 53.7 Å². The van der Waals surface area contributed by atoms with Crippen molar-refractivity contribution in [3.63, 3.8) is 0 Å². The number of likely N-dealkylation sites (tertiary alicyclic amines) is 1. The molecule has 1 aliphatic rings. The van der Waals surface area contributed by atoms with Crippen molar-refractivity contribution >= 4 is 18.4 Å². The lowest BCUT2D eigenvalue weighted by molar-refractivity contribution is 0.0654. The average Bonchev–Trinajstić information content (AvgIpc) is 2.78. The molecule has 1 fully saturated rings. The summed E-state index contributed by atoms with van der Waals surface area (Å²) < 4.78 is 5.32. The molecule has 1 N–H and O–H groups in total. The summed E-state index contributed by atoms with van der Waals surface area (Å²) in [6.45, 7) is 4.21. The lowest BCUT2D eigenvalue weighted by Gasteiger charge is -2.31. The Kier molecular flexibility index (Phi) is 5.02. The SMILES string of the molecule is CC(c1ccc(C(=O)O)o1)N1CCCCC1.Cl. The predicted octanol–water partition coefficient (Wildman–Crippen LogP) is 2.95. The fourth-order valence-corrected chi connectivity index (χ4v) is 2.18. The second-order valence-corrected chi connectivity index (χ2v) is 4.28. The second kappa shape index (κ2) is 6.07. The quantitative estimate of drug-likeness (QED) is 0.907. The molecule has 1 aromatic heterocycles. The molecule has 17 heavy (non-hydrogen) atoms. The van der Waals surface area contributed by atoms with Gasteiger partial charge in [-0.05, 0) is 45.0 Å². The first-order valence-electron chi connectivity index (χ1n) is 5.75. The van der Waals surface area contributed by atoms with E-state index in [1.165, 1.54) is 25.3 Å². The maximum atomic E-state index is 10.7. The van der Waals surface area contributed by atoms with Gasteiger partial charge in [-0.3, -0.25) is 4.90 Å². The van der Waals surface area contributed by atoms with Gasteiger partial charge in [-0.15, -0.1) is 12.4 Å². The Bertz CT molecular complexity index is 372. The van der Waals surface area contributed by atoms with Crippen molar-refractivity contribution in [1.82, 2.24) is 4.90 Å². The Morgan fingerprint density at radius 1 is 1.35 bits per heavy atom. The molecule has 0 saturated carbocycles. The maximum Gasteiger partial charge on any atom is 0.371 e. The van der Waals surface area contributed by atoms with Gasteiger partial charge in [0.1, 0.15) is 5.76 Å². The van der Waals surface area contributed by atoms with Crippen LogP contribution in [0.5, 0.6) is 0 Å². The van der Waals surface area contributed by atoms with E-state index in [-0.39, 0.29) is 24.2 Å². The highest BCUT2D eigenvalue weighted by Crippen LogP contribution is 2.25. The number of nitrogens with zero attached hydrogens (tertiary/aromatic N) is 1. The van der Waals surface area contributed by atoms with Crippen LogP contribution in [0.2, 0.25) is 0 Å². The number of aromatic carboxylic acids is 1. The van der Waals surface area contributed by atoms with Crippen molar-refractivity contribution < 1.29 is 14.3 Å². The summed E-state index contributed by atoms with van der Waals surface area (Å²) in [7, 11) is 0. The molecule has 0 aliphatic carbocycles. The lowest BCUT2D eigenvalue weighted by Crippen LogP contribution is -2.32. The highest BCUT2D eigenvalue weighted by Gasteiger charge is 2.21. The Labute approximate surface area is 107 Å². The zero-order chi connectivity index (χ0) is 11.5. The summed E-state index contributed by atoms with van der Waals surface area (Å²) >= 11 is 0. The lowest BCUT2D eigenvalue weighted by atomic mass is 10.1. The number of hydrogen-bond acceptors (Lipinski definition) is 3. The van der Waals surface area contributed by atoms with Gasteiger partial charge in [-0.2, -0.15) is 0 Å². The van der Waals surface area contributed by atoms with Gasteiger partial charge in [0, 0.05) is 0 Å². The van der Waals surface area contributed by atoms with Gasteiger partial charge in [0.25, 0.3) is 0 Å². The summed E-state index contributed by atoms with van der Waals surface area (Å²) in [5.41, 5.74) is 0. The Morgan fingerprint density at radius 3 is 2.53 bits per heavy atom. The molecule has 5 heteroatoms. The predicted molar refractivity (Wildman–Crippen MR) is 66.8 cm³/mol. The van der Waals surface area contributed by atoms with Crippen LogP contribution < -0.4 is 0 Å². The van der Waals surface area contributed by atoms with Crippen LogP contribution in [0.4, 0.5) is 0 Å². The number of hydrogen-bond donors (Lipinski definition) is 1. The minimum absolute atomic E-state index is 0. The van der Waals surface area contributed by atoms with E-state index < -0.39 is 5.97 Å². The minimum atomic E-state index is -1.00. The molecule has 1 aromatic rings. The maximum absolute atomic E-state index is 10.7. The molecular formula is C12H18ClNO3. The smallest absolute Gasteiger partial charge is 0.371 e. The molecule has 1 aliphatic heterocycles. The van der Waals surface area contributed by atoms with E-state index in [9.17, 15) is 4.79 Å². The molecule has 0 amide bonds. The van der Waals surface area contributed by atoms with E-state index in [0.29, 0.717) is 0 Å². The average molecular weight is 260 g/mol. The molecule has 0 spiro atoms. The van der Waals surface area contributed by atoms with Crippen LogP contribution in [0.3, 0.4) is 0 Å². The van der Waals surface area contributed by atoms with Gasteiger partial charge in [-0.1, -0.05) is 6.42 Å². The molecular weight excluding hydrogens is 242 g/mol. The third-order valence-electron chi connectivity index (χ3n) is 3.19. The summed E-state index contributed by atoms with van der Waals surface area (Å²) in [5.74, 6) is -0.227. The molecule has 0 aromatic carbocycles. The van der Waals surface area contributed by atoms with Crippen LogP contribution in [0.15, 0.2) is 16.5 Å². The van der Waals surface area contributed by atoms with Gasteiger partial charge in [0.05, 0.1) is 6.04 Å². The summed E-state index contributed by atoms with van der Waals surface area (Å²) in [6.07, 6.45) is 3.73. The molecule has 1 atom stereocenters.